The number of nitrogens with zero attached hydrogens (tertiary/aromatic N) is 1. The lowest BCUT2D eigenvalue weighted by atomic mass is 10.1. The molecule has 19 heavy (non-hydrogen) atoms. The van der Waals surface area contributed by atoms with Crippen molar-refractivity contribution in [3.05, 3.63) is 0 Å². The smallest absolute Gasteiger partial charge is 0.323 e. The number of carbonyl (C=O) groups excluding carboxylic acids is 1. The fourth-order valence-electron chi connectivity index (χ4n) is 2.17. The number of ether oxygens (including phenoxy) is 2. The van der Waals surface area contributed by atoms with Crippen LogP contribution in [0.3, 0.4) is 0 Å². The van der Waals surface area contributed by atoms with Crippen LogP contribution >= 0.6 is 0 Å². The third-order valence-corrected chi connectivity index (χ3v) is 3.21. The molecule has 1 atom stereocenters. The zero-order chi connectivity index (χ0) is 15.1. The van der Waals surface area contributed by atoms with Crippen molar-refractivity contribution in [2.45, 2.75) is 72.1 Å². The Morgan fingerprint density at radius 3 is 2.11 bits per heavy atom. The van der Waals surface area contributed by atoms with Gasteiger partial charge >= 0.3 is 5.97 Å². The van der Waals surface area contributed by atoms with E-state index in [0.29, 0.717) is 12.6 Å². The molecule has 0 aliphatic carbocycles. The highest BCUT2D eigenvalue weighted by molar-refractivity contribution is 5.75. The summed E-state index contributed by atoms with van der Waals surface area (Å²) >= 11 is 0. The first kappa shape index (κ1) is 18.4. The molecule has 114 valence electrons. The minimum atomic E-state index is -0.438. The molecule has 0 saturated heterocycles. The third kappa shape index (κ3) is 6.92. The molecule has 0 amide bonds. The molecule has 4 nitrogen and oxygen atoms in total. The highest BCUT2D eigenvalue weighted by atomic mass is 16.6. The van der Waals surface area contributed by atoms with Crippen molar-refractivity contribution in [1.29, 1.82) is 0 Å². The molecule has 0 heterocycles. The van der Waals surface area contributed by atoms with Gasteiger partial charge in [0.1, 0.15) is 11.6 Å². The van der Waals surface area contributed by atoms with Crippen molar-refractivity contribution in [3.8, 4) is 0 Å². The Hall–Kier alpha value is -0.610. The Kier molecular flexibility index (Phi) is 8.26. The van der Waals surface area contributed by atoms with E-state index in [0.717, 1.165) is 19.4 Å². The summed E-state index contributed by atoms with van der Waals surface area (Å²) in [6.45, 7) is 13.3. The van der Waals surface area contributed by atoms with Crippen LogP contribution in [0.15, 0.2) is 0 Å². The molecule has 0 aliphatic heterocycles. The summed E-state index contributed by atoms with van der Waals surface area (Å²) in [6.07, 6.45) is 2.04. The largest absolute Gasteiger partial charge is 0.459 e. The molecule has 0 aliphatic rings. The number of hydrogen-bond donors (Lipinski definition) is 0. The average Bonchev–Trinajstić information content (AvgIpc) is 2.31. The summed E-state index contributed by atoms with van der Waals surface area (Å²) in [7, 11) is 1.68. The second-order valence-electron chi connectivity index (χ2n) is 5.91. The maximum Gasteiger partial charge on any atom is 0.323 e. The number of methoxy groups -OCH3 is 1. The van der Waals surface area contributed by atoms with Crippen LogP contribution in [0.5, 0.6) is 0 Å². The van der Waals surface area contributed by atoms with Crippen molar-refractivity contribution in [1.82, 2.24) is 4.90 Å². The summed E-state index contributed by atoms with van der Waals surface area (Å²) < 4.78 is 10.6. The van der Waals surface area contributed by atoms with Crippen LogP contribution < -0.4 is 0 Å². The zero-order valence-electron chi connectivity index (χ0n) is 13.7. The van der Waals surface area contributed by atoms with Crippen molar-refractivity contribution in [3.63, 3.8) is 0 Å². The standard InChI is InChI=1S/C15H31NO3/c1-8-13(9-2)16(10-11-18-7)12(3)14(17)19-15(4,5)6/h12-13H,8-11H2,1-7H3. The number of hydrogen-bond acceptors (Lipinski definition) is 4. The van der Waals surface area contributed by atoms with Gasteiger partial charge in [-0.05, 0) is 40.5 Å². The quantitative estimate of drug-likeness (QED) is 0.637. The molecular weight excluding hydrogens is 242 g/mol. The molecule has 0 spiro atoms. The molecule has 0 rings (SSSR count). The van der Waals surface area contributed by atoms with Crippen molar-refractivity contribution < 1.29 is 14.3 Å². The fraction of sp³-hybridized carbons (Fsp3) is 0.933. The van der Waals surface area contributed by atoms with Crippen LogP contribution in [0.2, 0.25) is 0 Å². The molecule has 0 aromatic heterocycles. The van der Waals surface area contributed by atoms with Crippen LogP contribution in [0, 0.1) is 0 Å². The van der Waals surface area contributed by atoms with Crippen LogP contribution in [0.1, 0.15) is 54.4 Å². The Morgan fingerprint density at radius 2 is 1.74 bits per heavy atom. The predicted molar refractivity (Wildman–Crippen MR) is 78.3 cm³/mol. The molecule has 1 unspecified atom stereocenters. The summed E-state index contributed by atoms with van der Waals surface area (Å²) in [5.74, 6) is -0.157. The third-order valence-electron chi connectivity index (χ3n) is 3.21. The van der Waals surface area contributed by atoms with Gasteiger partial charge in [0.2, 0.25) is 0 Å². The van der Waals surface area contributed by atoms with Gasteiger partial charge in [0.25, 0.3) is 0 Å². The first-order valence-corrected chi connectivity index (χ1v) is 7.24. The van der Waals surface area contributed by atoms with Crippen LogP contribution in [-0.4, -0.2) is 48.8 Å². The lowest BCUT2D eigenvalue weighted by molar-refractivity contribution is -0.162. The molecular formula is C15H31NO3. The van der Waals surface area contributed by atoms with Gasteiger partial charge in [-0.2, -0.15) is 0 Å². The lowest BCUT2D eigenvalue weighted by Gasteiger charge is -2.35. The van der Waals surface area contributed by atoms with Crippen LogP contribution in [-0.2, 0) is 14.3 Å². The average molecular weight is 273 g/mol. The highest BCUT2D eigenvalue weighted by Crippen LogP contribution is 2.16. The fourth-order valence-corrected chi connectivity index (χ4v) is 2.17. The second kappa shape index (κ2) is 8.54. The minimum absolute atomic E-state index is 0.157. The van der Waals surface area contributed by atoms with Crippen molar-refractivity contribution in [2.75, 3.05) is 20.3 Å². The lowest BCUT2D eigenvalue weighted by Crippen LogP contribution is -2.48. The van der Waals surface area contributed by atoms with Gasteiger partial charge in [0, 0.05) is 19.7 Å². The van der Waals surface area contributed by atoms with Crippen molar-refractivity contribution >= 4 is 5.97 Å². The van der Waals surface area contributed by atoms with E-state index in [2.05, 4.69) is 18.7 Å². The molecule has 0 bridgehead atoms. The van der Waals surface area contributed by atoms with Crippen LogP contribution in [0.25, 0.3) is 0 Å². The molecule has 0 N–H and O–H groups in total. The van der Waals surface area contributed by atoms with Gasteiger partial charge in [-0.15, -0.1) is 0 Å². The Morgan fingerprint density at radius 1 is 1.21 bits per heavy atom. The Balaban J connectivity index is 4.77. The van der Waals surface area contributed by atoms with E-state index in [-0.39, 0.29) is 12.0 Å². The predicted octanol–water partition coefficient (Wildman–Crippen LogP) is 2.85. The summed E-state index contributed by atoms with van der Waals surface area (Å²) in [5, 5.41) is 0. The second-order valence-corrected chi connectivity index (χ2v) is 5.91. The summed E-state index contributed by atoms with van der Waals surface area (Å²) in [5.41, 5.74) is -0.438. The molecule has 0 aromatic rings. The summed E-state index contributed by atoms with van der Waals surface area (Å²) in [4.78, 5) is 14.4. The summed E-state index contributed by atoms with van der Waals surface area (Å²) in [6, 6.07) is 0.150. The van der Waals surface area contributed by atoms with Gasteiger partial charge in [-0.1, -0.05) is 13.8 Å². The molecule has 0 radical (unpaired) electrons. The van der Waals surface area contributed by atoms with E-state index in [1.165, 1.54) is 0 Å². The number of rotatable bonds is 8. The van der Waals surface area contributed by atoms with Gasteiger partial charge < -0.3 is 9.47 Å². The topological polar surface area (TPSA) is 38.8 Å². The number of esters is 1. The van der Waals surface area contributed by atoms with E-state index >= 15 is 0 Å². The highest BCUT2D eigenvalue weighted by Gasteiger charge is 2.29. The monoisotopic (exact) mass is 273 g/mol. The normalized spacial score (nSPS) is 13.9. The SMILES string of the molecule is CCC(CC)N(CCOC)C(C)C(=O)OC(C)(C)C. The van der Waals surface area contributed by atoms with Gasteiger partial charge in [-0.25, -0.2) is 0 Å². The first-order valence-electron chi connectivity index (χ1n) is 7.24. The molecule has 0 aromatic carbocycles. The van der Waals surface area contributed by atoms with Gasteiger partial charge in [0.15, 0.2) is 0 Å². The first-order chi connectivity index (χ1) is 8.76. The van der Waals surface area contributed by atoms with E-state index in [1.54, 1.807) is 7.11 Å². The van der Waals surface area contributed by atoms with Crippen molar-refractivity contribution in [2.24, 2.45) is 0 Å². The maximum atomic E-state index is 12.2. The van der Waals surface area contributed by atoms with E-state index in [1.807, 2.05) is 27.7 Å². The van der Waals surface area contributed by atoms with Gasteiger partial charge in [0.05, 0.1) is 6.61 Å². The van der Waals surface area contributed by atoms with E-state index < -0.39 is 5.60 Å². The maximum absolute atomic E-state index is 12.2. The van der Waals surface area contributed by atoms with E-state index in [9.17, 15) is 4.79 Å². The minimum Gasteiger partial charge on any atom is -0.459 e. The van der Waals surface area contributed by atoms with E-state index in [4.69, 9.17) is 9.47 Å². The van der Waals surface area contributed by atoms with Crippen LogP contribution in [0.4, 0.5) is 0 Å². The Labute approximate surface area is 118 Å². The molecule has 0 fully saturated rings. The number of carbonyl (C=O) groups is 1. The van der Waals surface area contributed by atoms with Gasteiger partial charge in [-0.3, -0.25) is 9.69 Å². The zero-order valence-corrected chi connectivity index (χ0v) is 13.7. The molecule has 0 saturated carbocycles. The molecule has 4 heteroatoms. The Bertz CT molecular complexity index is 257.